The first-order valence-corrected chi connectivity index (χ1v) is 6.81. The number of benzene rings is 1. The Labute approximate surface area is 115 Å². The zero-order chi connectivity index (χ0) is 14.8. The number of anilines is 1. The van der Waals surface area contributed by atoms with Gasteiger partial charge in [0.25, 0.3) is 0 Å². The molecule has 0 aliphatic rings. The molecule has 0 aliphatic carbocycles. The fraction of sp³-hybridized carbons (Fsp3) is 0.167. The van der Waals surface area contributed by atoms with Gasteiger partial charge in [0.05, 0.1) is 27.0 Å². The SMILES string of the molecule is Nc1cc(C(F)(F)F)ccc1S(=O)Cc1ncccn1. The minimum Gasteiger partial charge on any atom is -0.398 e. The number of halogens is 3. The van der Waals surface area contributed by atoms with Gasteiger partial charge in [-0.25, -0.2) is 9.97 Å². The van der Waals surface area contributed by atoms with Crippen molar-refractivity contribution in [3.63, 3.8) is 0 Å². The van der Waals surface area contributed by atoms with Crippen LogP contribution in [0.1, 0.15) is 11.4 Å². The lowest BCUT2D eigenvalue weighted by Gasteiger charge is -2.10. The zero-order valence-electron chi connectivity index (χ0n) is 10.1. The molecule has 20 heavy (non-hydrogen) atoms. The number of rotatable bonds is 3. The lowest BCUT2D eigenvalue weighted by atomic mass is 10.2. The maximum absolute atomic E-state index is 12.5. The van der Waals surface area contributed by atoms with Gasteiger partial charge < -0.3 is 5.73 Å². The topological polar surface area (TPSA) is 68.9 Å². The molecule has 0 amide bonds. The first-order valence-electron chi connectivity index (χ1n) is 5.49. The van der Waals surface area contributed by atoms with Crippen molar-refractivity contribution >= 4 is 16.5 Å². The largest absolute Gasteiger partial charge is 0.416 e. The molecule has 0 radical (unpaired) electrons. The first-order chi connectivity index (χ1) is 9.38. The Kier molecular flexibility index (Phi) is 4.03. The summed E-state index contributed by atoms with van der Waals surface area (Å²) in [6.45, 7) is 0. The van der Waals surface area contributed by atoms with Crippen LogP contribution in [0.25, 0.3) is 0 Å². The molecule has 0 saturated heterocycles. The van der Waals surface area contributed by atoms with Gasteiger partial charge in [-0.2, -0.15) is 13.2 Å². The highest BCUT2D eigenvalue weighted by molar-refractivity contribution is 7.84. The second-order valence-electron chi connectivity index (χ2n) is 3.91. The van der Waals surface area contributed by atoms with Crippen molar-refractivity contribution in [2.45, 2.75) is 16.8 Å². The Morgan fingerprint density at radius 3 is 2.40 bits per heavy atom. The molecule has 0 aliphatic heterocycles. The van der Waals surface area contributed by atoms with Gasteiger partial charge in [-0.05, 0) is 24.3 Å². The molecule has 0 bridgehead atoms. The van der Waals surface area contributed by atoms with Crippen LogP contribution in [-0.2, 0) is 22.7 Å². The van der Waals surface area contributed by atoms with E-state index in [-0.39, 0.29) is 16.3 Å². The molecule has 1 aromatic heterocycles. The van der Waals surface area contributed by atoms with Crippen LogP contribution in [0.3, 0.4) is 0 Å². The van der Waals surface area contributed by atoms with E-state index >= 15 is 0 Å². The van der Waals surface area contributed by atoms with Gasteiger partial charge in [-0.1, -0.05) is 0 Å². The van der Waals surface area contributed by atoms with Crippen molar-refractivity contribution in [2.24, 2.45) is 0 Å². The molecule has 2 aromatic rings. The fourth-order valence-corrected chi connectivity index (χ4v) is 2.61. The van der Waals surface area contributed by atoms with E-state index in [0.717, 1.165) is 18.2 Å². The van der Waals surface area contributed by atoms with Crippen molar-refractivity contribution in [3.05, 3.63) is 48.0 Å². The van der Waals surface area contributed by atoms with E-state index in [4.69, 9.17) is 5.73 Å². The number of aromatic nitrogens is 2. The molecule has 106 valence electrons. The second-order valence-corrected chi connectivity index (χ2v) is 5.32. The molecule has 8 heteroatoms. The van der Waals surface area contributed by atoms with Crippen LogP contribution in [0.15, 0.2) is 41.6 Å². The molecule has 1 unspecified atom stereocenters. The van der Waals surface area contributed by atoms with Crippen LogP contribution < -0.4 is 5.73 Å². The van der Waals surface area contributed by atoms with Gasteiger partial charge in [-0.15, -0.1) is 0 Å². The van der Waals surface area contributed by atoms with Crippen molar-refractivity contribution in [1.82, 2.24) is 9.97 Å². The molecule has 4 nitrogen and oxygen atoms in total. The summed E-state index contributed by atoms with van der Waals surface area (Å²) in [7, 11) is -1.60. The summed E-state index contributed by atoms with van der Waals surface area (Å²) in [6, 6.07) is 4.37. The van der Waals surface area contributed by atoms with E-state index in [9.17, 15) is 17.4 Å². The Morgan fingerprint density at radius 1 is 1.20 bits per heavy atom. The van der Waals surface area contributed by atoms with Crippen molar-refractivity contribution in [3.8, 4) is 0 Å². The van der Waals surface area contributed by atoms with E-state index in [0.29, 0.717) is 5.82 Å². The van der Waals surface area contributed by atoms with Crippen LogP contribution in [-0.4, -0.2) is 14.2 Å². The molecular formula is C12H10F3N3OS. The van der Waals surface area contributed by atoms with Crippen molar-refractivity contribution in [1.29, 1.82) is 0 Å². The monoisotopic (exact) mass is 301 g/mol. The fourth-order valence-electron chi connectivity index (χ4n) is 1.53. The maximum Gasteiger partial charge on any atom is 0.416 e. The zero-order valence-corrected chi connectivity index (χ0v) is 10.9. The Balaban J connectivity index is 2.23. The number of hydrogen-bond donors (Lipinski definition) is 1. The highest BCUT2D eigenvalue weighted by Crippen LogP contribution is 2.32. The minimum absolute atomic E-state index is 0.00357. The van der Waals surface area contributed by atoms with Crippen LogP contribution in [0.4, 0.5) is 18.9 Å². The summed E-state index contributed by atoms with van der Waals surface area (Å²) in [5.74, 6) is 0.335. The molecule has 2 rings (SSSR count). The van der Waals surface area contributed by atoms with Crippen LogP contribution in [0.5, 0.6) is 0 Å². The standard InChI is InChI=1S/C12H10F3N3OS/c13-12(14,15)8-2-3-10(9(16)6-8)20(19)7-11-17-4-1-5-18-11/h1-6H,7,16H2. The average Bonchev–Trinajstić information content (AvgIpc) is 2.38. The van der Waals surface area contributed by atoms with Gasteiger partial charge in [-0.3, -0.25) is 4.21 Å². The van der Waals surface area contributed by atoms with Crippen LogP contribution >= 0.6 is 0 Å². The summed E-state index contributed by atoms with van der Waals surface area (Å²) in [5, 5.41) is 0. The predicted molar refractivity (Wildman–Crippen MR) is 68.0 cm³/mol. The van der Waals surface area contributed by atoms with E-state index < -0.39 is 22.5 Å². The van der Waals surface area contributed by atoms with E-state index in [2.05, 4.69) is 9.97 Å². The van der Waals surface area contributed by atoms with Gasteiger partial charge in [0.15, 0.2) is 0 Å². The highest BCUT2D eigenvalue weighted by Gasteiger charge is 2.31. The van der Waals surface area contributed by atoms with E-state index in [1.807, 2.05) is 0 Å². The van der Waals surface area contributed by atoms with Crippen molar-refractivity contribution in [2.75, 3.05) is 5.73 Å². The summed E-state index contributed by atoms with van der Waals surface area (Å²) >= 11 is 0. The van der Waals surface area contributed by atoms with E-state index in [1.165, 1.54) is 12.4 Å². The maximum atomic E-state index is 12.5. The lowest BCUT2D eigenvalue weighted by molar-refractivity contribution is -0.137. The Bertz CT molecular complexity index is 632. The molecule has 1 aromatic carbocycles. The molecule has 0 saturated carbocycles. The number of alkyl halides is 3. The average molecular weight is 301 g/mol. The quantitative estimate of drug-likeness (QED) is 0.884. The third kappa shape index (κ3) is 3.32. The first kappa shape index (κ1) is 14.4. The predicted octanol–water partition coefficient (Wildman–Crippen LogP) is 2.39. The highest BCUT2D eigenvalue weighted by atomic mass is 32.2. The van der Waals surface area contributed by atoms with E-state index in [1.54, 1.807) is 6.07 Å². The third-order valence-electron chi connectivity index (χ3n) is 2.46. The summed E-state index contributed by atoms with van der Waals surface area (Å²) in [5.41, 5.74) is 4.51. The van der Waals surface area contributed by atoms with Crippen LogP contribution in [0, 0.1) is 0 Å². The van der Waals surface area contributed by atoms with Gasteiger partial charge >= 0.3 is 6.18 Å². The third-order valence-corrected chi connectivity index (χ3v) is 3.84. The molecule has 1 heterocycles. The Morgan fingerprint density at radius 2 is 1.85 bits per heavy atom. The minimum atomic E-state index is -4.48. The summed E-state index contributed by atoms with van der Waals surface area (Å²) in [4.78, 5) is 7.96. The number of nitrogen functional groups attached to an aromatic ring is 1. The lowest BCUT2D eigenvalue weighted by Crippen LogP contribution is -2.08. The van der Waals surface area contributed by atoms with Crippen LogP contribution in [0.2, 0.25) is 0 Å². The molecular weight excluding hydrogens is 291 g/mol. The summed E-state index contributed by atoms with van der Waals surface area (Å²) in [6.07, 6.45) is -1.48. The summed E-state index contributed by atoms with van der Waals surface area (Å²) < 4.78 is 49.6. The molecule has 2 N–H and O–H groups in total. The molecule has 0 spiro atoms. The van der Waals surface area contributed by atoms with Crippen molar-refractivity contribution < 1.29 is 17.4 Å². The van der Waals surface area contributed by atoms with Gasteiger partial charge in [0.1, 0.15) is 5.82 Å². The number of hydrogen-bond acceptors (Lipinski definition) is 4. The normalized spacial score (nSPS) is 13.2. The Hall–Kier alpha value is -1.96. The molecule has 0 fully saturated rings. The smallest absolute Gasteiger partial charge is 0.398 e. The number of nitrogens with zero attached hydrogens (tertiary/aromatic N) is 2. The molecule has 1 atom stereocenters. The van der Waals surface area contributed by atoms with Gasteiger partial charge in [0, 0.05) is 18.1 Å². The second kappa shape index (κ2) is 5.58. The number of nitrogens with two attached hydrogens (primary N) is 1. The van der Waals surface area contributed by atoms with Gasteiger partial charge in [0.2, 0.25) is 0 Å².